The molecule has 0 saturated carbocycles. The molecule has 0 spiro atoms. The maximum Gasteiger partial charge on any atom is 0.184 e. The topological polar surface area (TPSA) is 67.6 Å². The second kappa shape index (κ2) is 6.36. The zero-order valence-electron chi connectivity index (χ0n) is 10.0. The van der Waals surface area contributed by atoms with E-state index in [9.17, 15) is 0 Å². The lowest BCUT2D eigenvalue weighted by atomic mass is 10.0. The van der Waals surface area contributed by atoms with Gasteiger partial charge in [-0.1, -0.05) is 46.7 Å². The molecule has 1 aromatic heterocycles. The Kier molecular flexibility index (Phi) is 4.79. The molecule has 0 radical (unpaired) electrons. The van der Waals surface area contributed by atoms with Gasteiger partial charge in [-0.05, 0) is 24.1 Å². The zero-order chi connectivity index (χ0) is 13.0. The van der Waals surface area contributed by atoms with Crippen molar-refractivity contribution in [2.45, 2.75) is 29.8 Å². The Labute approximate surface area is 119 Å². The molecule has 0 aliphatic heterocycles. The van der Waals surface area contributed by atoms with Crippen molar-refractivity contribution < 1.29 is 0 Å². The molecule has 0 aliphatic rings. The number of nitrogens with zero attached hydrogens (tertiary/aromatic N) is 2. The second-order valence-electron chi connectivity index (χ2n) is 3.95. The third kappa shape index (κ3) is 3.34. The van der Waals surface area contributed by atoms with E-state index in [0.29, 0.717) is 0 Å². The molecule has 0 fully saturated rings. The largest absolute Gasteiger partial charge is 0.326 e. The summed E-state index contributed by atoms with van der Waals surface area (Å²) in [6.45, 7) is 2.09. The van der Waals surface area contributed by atoms with Gasteiger partial charge in [0, 0.05) is 10.5 Å². The Morgan fingerprint density at radius 2 is 2.11 bits per heavy atom. The summed E-state index contributed by atoms with van der Waals surface area (Å²) >= 11 is 5.06. The van der Waals surface area contributed by atoms with Crippen molar-refractivity contribution in [3.05, 3.63) is 40.6 Å². The van der Waals surface area contributed by atoms with E-state index >= 15 is 0 Å². The summed E-state index contributed by atoms with van der Waals surface area (Å²) in [6.07, 6.45) is 2.43. The molecule has 96 valence electrons. The van der Waals surface area contributed by atoms with E-state index in [1.165, 1.54) is 11.9 Å². The number of nitrogens with one attached hydrogen (secondary N) is 1. The van der Waals surface area contributed by atoms with Crippen LogP contribution in [0, 0.1) is 0 Å². The number of halogens is 1. The molecule has 6 heteroatoms. The molecule has 2 aromatic rings. The maximum absolute atomic E-state index is 6.21. The number of rotatable bonds is 5. The number of aromatic nitrogens is 3. The fourth-order valence-corrected chi connectivity index (χ4v) is 3.02. The van der Waals surface area contributed by atoms with Gasteiger partial charge in [0.2, 0.25) is 0 Å². The van der Waals surface area contributed by atoms with Crippen molar-refractivity contribution in [1.82, 2.24) is 15.2 Å². The first kappa shape index (κ1) is 13.6. The Balaban J connectivity index is 2.22. The number of hydrogen-bond acceptors (Lipinski definition) is 4. The minimum Gasteiger partial charge on any atom is -0.326 e. The van der Waals surface area contributed by atoms with Gasteiger partial charge in [0.25, 0.3) is 0 Å². The maximum atomic E-state index is 6.21. The van der Waals surface area contributed by atoms with Crippen LogP contribution in [0.25, 0.3) is 0 Å². The summed E-state index contributed by atoms with van der Waals surface area (Å²) in [4.78, 5) is 4.15. The van der Waals surface area contributed by atoms with E-state index < -0.39 is 0 Å². The van der Waals surface area contributed by atoms with Crippen molar-refractivity contribution in [2.24, 2.45) is 5.73 Å². The normalized spacial score (nSPS) is 14.4. The van der Waals surface area contributed by atoms with Gasteiger partial charge in [-0.3, -0.25) is 5.10 Å². The van der Waals surface area contributed by atoms with Crippen molar-refractivity contribution >= 4 is 27.7 Å². The minimum atomic E-state index is 0.0845. The number of nitrogens with two attached hydrogens (primary N) is 1. The highest BCUT2D eigenvalue weighted by molar-refractivity contribution is 9.10. The number of benzene rings is 1. The van der Waals surface area contributed by atoms with Gasteiger partial charge in [-0.25, -0.2) is 4.98 Å². The van der Waals surface area contributed by atoms with Crippen molar-refractivity contribution in [3.63, 3.8) is 0 Å². The Hall–Kier alpha value is -0.850. The van der Waals surface area contributed by atoms with Crippen LogP contribution in [0.5, 0.6) is 0 Å². The fraction of sp³-hybridized carbons (Fsp3) is 0.333. The van der Waals surface area contributed by atoms with Crippen LogP contribution < -0.4 is 5.73 Å². The molecule has 1 aromatic carbocycles. The Morgan fingerprint density at radius 1 is 1.39 bits per heavy atom. The van der Waals surface area contributed by atoms with E-state index in [0.717, 1.165) is 16.0 Å². The highest BCUT2D eigenvalue weighted by Crippen LogP contribution is 2.36. The molecule has 2 atom stereocenters. The first-order valence-electron chi connectivity index (χ1n) is 5.73. The number of hydrogen-bond donors (Lipinski definition) is 2. The first-order chi connectivity index (χ1) is 8.70. The highest BCUT2D eigenvalue weighted by Gasteiger charge is 2.21. The standard InChI is InChI=1S/C12H15BrN4S/c1-2-10(14)11(18-12-15-7-16-17-12)8-3-5-9(13)6-4-8/h3-7,10-11H,2,14H2,1H3,(H,15,16,17). The molecule has 0 amide bonds. The van der Waals surface area contributed by atoms with Gasteiger partial charge in [0.1, 0.15) is 6.33 Å². The van der Waals surface area contributed by atoms with Gasteiger partial charge in [-0.15, -0.1) is 0 Å². The summed E-state index contributed by atoms with van der Waals surface area (Å²) in [5, 5.41) is 7.70. The highest BCUT2D eigenvalue weighted by atomic mass is 79.9. The fourth-order valence-electron chi connectivity index (χ4n) is 1.64. The van der Waals surface area contributed by atoms with E-state index in [-0.39, 0.29) is 11.3 Å². The van der Waals surface area contributed by atoms with Gasteiger partial charge in [0.05, 0.1) is 5.25 Å². The van der Waals surface area contributed by atoms with Crippen LogP contribution in [0.2, 0.25) is 0 Å². The van der Waals surface area contributed by atoms with Crippen molar-refractivity contribution in [1.29, 1.82) is 0 Å². The lowest BCUT2D eigenvalue weighted by Crippen LogP contribution is -2.25. The third-order valence-corrected chi connectivity index (χ3v) is 4.51. The molecule has 0 aliphatic carbocycles. The summed E-state index contributed by atoms with van der Waals surface area (Å²) in [7, 11) is 0. The minimum absolute atomic E-state index is 0.0845. The SMILES string of the molecule is CCC(N)C(Sc1ncn[nH]1)c1ccc(Br)cc1. The van der Waals surface area contributed by atoms with E-state index in [1.807, 2.05) is 12.1 Å². The van der Waals surface area contributed by atoms with Crippen LogP contribution in [-0.2, 0) is 0 Å². The number of thioether (sulfide) groups is 1. The Morgan fingerprint density at radius 3 is 2.67 bits per heavy atom. The van der Waals surface area contributed by atoms with E-state index in [4.69, 9.17) is 5.73 Å². The summed E-state index contributed by atoms with van der Waals surface area (Å²) in [5.41, 5.74) is 7.41. The molecule has 0 saturated heterocycles. The van der Waals surface area contributed by atoms with Crippen molar-refractivity contribution in [3.8, 4) is 0 Å². The lowest BCUT2D eigenvalue weighted by molar-refractivity contribution is 0.632. The monoisotopic (exact) mass is 326 g/mol. The molecular formula is C12H15BrN4S. The van der Waals surface area contributed by atoms with Gasteiger partial charge < -0.3 is 5.73 Å². The quantitative estimate of drug-likeness (QED) is 0.828. The Bertz CT molecular complexity index is 471. The smallest absolute Gasteiger partial charge is 0.184 e. The van der Waals surface area contributed by atoms with E-state index in [2.05, 4.69) is 50.2 Å². The van der Waals surface area contributed by atoms with Crippen molar-refractivity contribution in [2.75, 3.05) is 0 Å². The van der Waals surface area contributed by atoms with Gasteiger partial charge in [-0.2, -0.15) is 5.10 Å². The summed E-state index contributed by atoms with van der Waals surface area (Å²) < 4.78 is 1.07. The second-order valence-corrected chi connectivity index (χ2v) is 6.00. The lowest BCUT2D eigenvalue weighted by Gasteiger charge is -2.21. The first-order valence-corrected chi connectivity index (χ1v) is 7.41. The van der Waals surface area contributed by atoms with Crippen LogP contribution in [-0.4, -0.2) is 21.2 Å². The van der Waals surface area contributed by atoms with Gasteiger partial charge in [0.15, 0.2) is 5.16 Å². The number of aromatic amines is 1. The molecule has 0 bridgehead atoms. The van der Waals surface area contributed by atoms with E-state index in [1.54, 1.807) is 11.8 Å². The van der Waals surface area contributed by atoms with Crippen LogP contribution in [0.4, 0.5) is 0 Å². The molecule has 3 N–H and O–H groups in total. The predicted octanol–water partition coefficient (Wildman–Crippen LogP) is 3.14. The van der Waals surface area contributed by atoms with Gasteiger partial charge >= 0.3 is 0 Å². The zero-order valence-corrected chi connectivity index (χ0v) is 12.4. The van der Waals surface area contributed by atoms with Crippen LogP contribution in [0.3, 0.4) is 0 Å². The molecule has 2 unspecified atom stereocenters. The van der Waals surface area contributed by atoms with Crippen LogP contribution in [0.1, 0.15) is 24.2 Å². The predicted molar refractivity (Wildman–Crippen MR) is 77.4 cm³/mol. The molecule has 1 heterocycles. The summed E-state index contributed by atoms with van der Waals surface area (Å²) in [6, 6.07) is 8.33. The molecular weight excluding hydrogens is 312 g/mol. The van der Waals surface area contributed by atoms with Crippen LogP contribution in [0.15, 0.2) is 40.2 Å². The average molecular weight is 327 g/mol. The molecule has 18 heavy (non-hydrogen) atoms. The number of H-pyrrole nitrogens is 1. The molecule has 4 nitrogen and oxygen atoms in total. The van der Waals surface area contributed by atoms with Crippen LogP contribution >= 0.6 is 27.7 Å². The summed E-state index contributed by atoms with van der Waals surface area (Å²) in [5.74, 6) is 0. The molecule has 2 rings (SSSR count). The average Bonchev–Trinajstić information content (AvgIpc) is 2.89. The third-order valence-electron chi connectivity index (χ3n) is 2.69.